The number of hydrogen-bond donors (Lipinski definition) is 1. The molecule has 0 spiro atoms. The van der Waals surface area contributed by atoms with Gasteiger partial charge in [0.25, 0.3) is 5.91 Å². The van der Waals surface area contributed by atoms with E-state index in [9.17, 15) is 14.7 Å². The summed E-state index contributed by atoms with van der Waals surface area (Å²) in [5, 5.41) is 13.7. The number of rotatable bonds is 5. The maximum Gasteiger partial charge on any atom is 0.256 e. The number of carboxylic acid groups (broad SMARTS) is 1. The molecule has 0 fully saturated rings. The molecule has 0 aliphatic heterocycles. The van der Waals surface area contributed by atoms with Gasteiger partial charge in [-0.1, -0.05) is 36.4 Å². The quantitative estimate of drug-likeness (QED) is 0.779. The lowest BCUT2D eigenvalue weighted by Gasteiger charge is -2.11. The second-order valence-corrected chi connectivity index (χ2v) is 5.23. The molecule has 3 rings (SSSR count). The fourth-order valence-electron chi connectivity index (χ4n) is 2.29. The van der Waals surface area contributed by atoms with E-state index in [1.165, 1.54) is 18.2 Å². The van der Waals surface area contributed by atoms with Crippen molar-refractivity contribution in [2.24, 2.45) is 0 Å². The van der Waals surface area contributed by atoms with Crippen LogP contribution in [0.1, 0.15) is 20.7 Å². The van der Waals surface area contributed by atoms with Crippen LogP contribution in [0.25, 0.3) is 0 Å². The van der Waals surface area contributed by atoms with Gasteiger partial charge < -0.3 is 20.0 Å². The van der Waals surface area contributed by atoms with Crippen molar-refractivity contribution in [3.8, 4) is 11.5 Å². The van der Waals surface area contributed by atoms with Crippen molar-refractivity contribution in [3.05, 3.63) is 90.0 Å². The minimum absolute atomic E-state index is 0.0483. The summed E-state index contributed by atoms with van der Waals surface area (Å²) in [6.07, 6.45) is 0. The Morgan fingerprint density at radius 2 is 1.28 bits per heavy atom. The molecule has 5 heteroatoms. The number of carbonyl (C=O) groups is 2. The monoisotopic (exact) mass is 332 g/mol. The van der Waals surface area contributed by atoms with Crippen LogP contribution in [-0.2, 0) is 0 Å². The summed E-state index contributed by atoms with van der Waals surface area (Å²) >= 11 is 0. The van der Waals surface area contributed by atoms with Gasteiger partial charge in [0.2, 0.25) is 0 Å². The molecule has 25 heavy (non-hydrogen) atoms. The van der Waals surface area contributed by atoms with Gasteiger partial charge in [-0.3, -0.25) is 4.79 Å². The molecule has 3 aromatic carbocycles. The Morgan fingerprint density at radius 1 is 0.720 bits per heavy atom. The largest absolute Gasteiger partial charge is 0.545 e. The second kappa shape index (κ2) is 7.31. The minimum Gasteiger partial charge on any atom is -0.545 e. The first kappa shape index (κ1) is 16.3. The predicted octanol–water partition coefficient (Wildman–Crippen LogP) is 3.09. The topological polar surface area (TPSA) is 78.5 Å². The third-order valence-electron chi connectivity index (χ3n) is 3.48. The zero-order chi connectivity index (χ0) is 17.6. The number of anilines is 1. The maximum absolute atomic E-state index is 12.3. The van der Waals surface area contributed by atoms with Gasteiger partial charge in [0.15, 0.2) is 0 Å². The molecule has 0 bridgehead atoms. The minimum atomic E-state index is -1.39. The number of nitrogens with one attached hydrogen (secondary N) is 1. The van der Waals surface area contributed by atoms with Gasteiger partial charge in [0, 0.05) is 16.8 Å². The number of ether oxygens (including phenoxy) is 1. The average Bonchev–Trinajstić information content (AvgIpc) is 2.64. The Kier molecular flexibility index (Phi) is 4.76. The second-order valence-electron chi connectivity index (χ2n) is 5.23. The lowest BCUT2D eigenvalue weighted by atomic mass is 10.1. The van der Waals surface area contributed by atoms with Crippen LogP contribution in [-0.4, -0.2) is 11.9 Å². The van der Waals surface area contributed by atoms with E-state index in [0.29, 0.717) is 17.2 Å². The van der Waals surface area contributed by atoms with Crippen LogP contribution in [0.15, 0.2) is 78.9 Å². The molecule has 0 saturated carbocycles. The molecule has 0 aliphatic carbocycles. The molecule has 3 aromatic rings. The lowest BCUT2D eigenvalue weighted by molar-refractivity contribution is -0.255. The van der Waals surface area contributed by atoms with Crippen molar-refractivity contribution in [1.82, 2.24) is 0 Å². The van der Waals surface area contributed by atoms with E-state index in [4.69, 9.17) is 4.74 Å². The lowest BCUT2D eigenvalue weighted by Crippen LogP contribution is -2.26. The number of para-hydroxylation sites is 1. The molecule has 5 nitrogen and oxygen atoms in total. The summed E-state index contributed by atoms with van der Waals surface area (Å²) in [5.41, 5.74) is 0.426. The fraction of sp³-hybridized carbons (Fsp3) is 0. The molecule has 0 aliphatic rings. The van der Waals surface area contributed by atoms with Crippen LogP contribution >= 0.6 is 0 Å². The molecule has 1 amide bonds. The van der Waals surface area contributed by atoms with E-state index in [2.05, 4.69) is 5.32 Å². The van der Waals surface area contributed by atoms with Crippen LogP contribution in [0, 0.1) is 0 Å². The van der Waals surface area contributed by atoms with Gasteiger partial charge >= 0.3 is 0 Å². The highest BCUT2D eigenvalue weighted by Gasteiger charge is 2.11. The van der Waals surface area contributed by atoms with Crippen LogP contribution in [0.4, 0.5) is 5.69 Å². The van der Waals surface area contributed by atoms with E-state index >= 15 is 0 Å². The first-order valence-corrected chi connectivity index (χ1v) is 7.58. The van der Waals surface area contributed by atoms with Crippen molar-refractivity contribution in [3.63, 3.8) is 0 Å². The number of carbonyl (C=O) groups excluding carboxylic acids is 2. The predicted molar refractivity (Wildman–Crippen MR) is 91.7 cm³/mol. The Balaban J connectivity index is 1.71. The van der Waals surface area contributed by atoms with Crippen molar-refractivity contribution in [1.29, 1.82) is 0 Å². The summed E-state index contributed by atoms with van der Waals surface area (Å²) < 4.78 is 5.67. The number of aromatic carboxylic acids is 1. The molecule has 0 saturated heterocycles. The van der Waals surface area contributed by atoms with Gasteiger partial charge in [-0.05, 0) is 42.5 Å². The van der Waals surface area contributed by atoms with Crippen molar-refractivity contribution in [2.75, 3.05) is 5.32 Å². The van der Waals surface area contributed by atoms with Crippen LogP contribution in [0.5, 0.6) is 11.5 Å². The smallest absolute Gasteiger partial charge is 0.256 e. The summed E-state index contributed by atoms with van der Waals surface area (Å²) in [6, 6.07) is 22.0. The number of amides is 1. The molecule has 0 aromatic heterocycles. The van der Waals surface area contributed by atoms with Crippen LogP contribution < -0.4 is 15.2 Å². The van der Waals surface area contributed by atoms with Gasteiger partial charge in [-0.2, -0.15) is 0 Å². The number of hydrogen-bond acceptors (Lipinski definition) is 4. The van der Waals surface area contributed by atoms with E-state index in [-0.39, 0.29) is 11.1 Å². The molecule has 1 N–H and O–H groups in total. The van der Waals surface area contributed by atoms with Gasteiger partial charge in [-0.25, -0.2) is 0 Å². The van der Waals surface area contributed by atoms with Crippen LogP contribution in [0.3, 0.4) is 0 Å². The van der Waals surface area contributed by atoms with E-state index in [1.54, 1.807) is 30.3 Å². The van der Waals surface area contributed by atoms with E-state index < -0.39 is 11.9 Å². The summed E-state index contributed by atoms with van der Waals surface area (Å²) in [6.45, 7) is 0. The normalized spacial score (nSPS) is 10.1. The first-order chi connectivity index (χ1) is 12.1. The molecule has 0 radical (unpaired) electrons. The third-order valence-corrected chi connectivity index (χ3v) is 3.48. The fourth-order valence-corrected chi connectivity index (χ4v) is 2.29. The van der Waals surface area contributed by atoms with E-state index in [0.717, 1.165) is 0 Å². The van der Waals surface area contributed by atoms with Crippen LogP contribution in [0.2, 0.25) is 0 Å². The Bertz CT molecular complexity index is 889. The highest BCUT2D eigenvalue weighted by Crippen LogP contribution is 2.23. The number of benzene rings is 3. The van der Waals surface area contributed by atoms with Crippen molar-refractivity contribution >= 4 is 17.6 Å². The summed E-state index contributed by atoms with van der Waals surface area (Å²) in [7, 11) is 0. The summed E-state index contributed by atoms with van der Waals surface area (Å²) in [5.74, 6) is -0.574. The number of carboxylic acids is 1. The van der Waals surface area contributed by atoms with Gasteiger partial charge in [0.05, 0.1) is 5.97 Å². The zero-order valence-electron chi connectivity index (χ0n) is 13.1. The average molecular weight is 332 g/mol. The highest BCUT2D eigenvalue weighted by atomic mass is 16.5. The Labute approximate surface area is 144 Å². The molecule has 0 unspecified atom stereocenters. The maximum atomic E-state index is 12.3. The van der Waals surface area contributed by atoms with Crippen molar-refractivity contribution < 1.29 is 19.4 Å². The Morgan fingerprint density at radius 3 is 1.92 bits per heavy atom. The molecule has 0 heterocycles. The SMILES string of the molecule is O=C([O-])c1ccccc1C(=O)Nc1ccc(Oc2ccccc2)cc1. The third kappa shape index (κ3) is 4.03. The summed E-state index contributed by atoms with van der Waals surface area (Å²) in [4.78, 5) is 23.4. The Hall–Kier alpha value is -3.60. The zero-order valence-corrected chi connectivity index (χ0v) is 13.1. The standard InChI is InChI=1S/C20H15NO4/c22-19(17-8-4-5-9-18(17)20(23)24)21-14-10-12-16(13-11-14)25-15-6-2-1-3-7-15/h1-13H,(H,21,22)(H,23,24)/p-1. The van der Waals surface area contributed by atoms with Gasteiger partial charge in [-0.15, -0.1) is 0 Å². The molecule has 124 valence electrons. The molecule has 0 atom stereocenters. The van der Waals surface area contributed by atoms with Crippen molar-refractivity contribution in [2.45, 2.75) is 0 Å². The van der Waals surface area contributed by atoms with E-state index in [1.807, 2.05) is 30.3 Å². The van der Waals surface area contributed by atoms with Gasteiger partial charge in [0.1, 0.15) is 11.5 Å². The first-order valence-electron chi connectivity index (χ1n) is 7.58. The highest BCUT2D eigenvalue weighted by molar-refractivity contribution is 6.10. The molecular formula is C20H14NO4-. The molecular weight excluding hydrogens is 318 g/mol.